The van der Waals surface area contributed by atoms with Gasteiger partial charge in [-0.05, 0) is 42.7 Å². The largest absolute Gasteiger partial charge is 0.389 e. The first-order valence-electron chi connectivity index (χ1n) is 6.51. The molecule has 0 fully saturated rings. The van der Waals surface area contributed by atoms with Crippen LogP contribution in [0.5, 0.6) is 0 Å². The second-order valence-corrected chi connectivity index (χ2v) is 5.77. The molecular formula is C17H17NOS. The van der Waals surface area contributed by atoms with Crippen molar-refractivity contribution in [2.45, 2.75) is 30.6 Å². The van der Waals surface area contributed by atoms with Gasteiger partial charge < -0.3 is 5.11 Å². The third-order valence-corrected chi connectivity index (χ3v) is 4.36. The quantitative estimate of drug-likeness (QED) is 0.855. The second-order valence-electron chi connectivity index (χ2n) is 4.76. The van der Waals surface area contributed by atoms with Crippen molar-refractivity contribution in [3.8, 4) is 6.07 Å². The number of hydrogen-bond donors (Lipinski definition) is 1. The summed E-state index contributed by atoms with van der Waals surface area (Å²) < 4.78 is 0. The van der Waals surface area contributed by atoms with Crippen LogP contribution in [-0.2, 0) is 5.75 Å². The second kappa shape index (κ2) is 6.60. The molecule has 0 saturated heterocycles. The summed E-state index contributed by atoms with van der Waals surface area (Å²) in [5.41, 5.74) is 4.04. The molecule has 2 aromatic carbocycles. The predicted molar refractivity (Wildman–Crippen MR) is 82.5 cm³/mol. The zero-order valence-corrected chi connectivity index (χ0v) is 12.4. The van der Waals surface area contributed by atoms with Crippen LogP contribution in [0.3, 0.4) is 0 Å². The Balaban J connectivity index is 2.24. The average Bonchev–Trinajstić information content (AvgIpc) is 2.46. The molecule has 20 heavy (non-hydrogen) atoms. The summed E-state index contributed by atoms with van der Waals surface area (Å²) in [6.45, 7) is 3.84. The number of nitriles is 1. The van der Waals surface area contributed by atoms with Crippen molar-refractivity contribution in [2.24, 2.45) is 0 Å². The predicted octanol–water partition coefficient (Wildman–Crippen LogP) is 4.21. The van der Waals surface area contributed by atoms with Crippen LogP contribution >= 0.6 is 11.8 Å². The maximum Gasteiger partial charge on any atom is 0.0992 e. The van der Waals surface area contributed by atoms with E-state index in [9.17, 15) is 5.11 Å². The Hall–Kier alpha value is -1.76. The molecule has 0 heterocycles. The van der Waals surface area contributed by atoms with Crippen LogP contribution in [-0.4, -0.2) is 5.11 Å². The Labute approximate surface area is 124 Å². The van der Waals surface area contributed by atoms with E-state index in [-0.39, 0.29) is 0 Å². The van der Waals surface area contributed by atoms with E-state index in [2.05, 4.69) is 25.1 Å². The van der Waals surface area contributed by atoms with Gasteiger partial charge in [0.25, 0.3) is 0 Å². The van der Waals surface area contributed by atoms with E-state index in [1.807, 2.05) is 24.3 Å². The van der Waals surface area contributed by atoms with Crippen molar-refractivity contribution in [3.63, 3.8) is 0 Å². The molecule has 0 radical (unpaired) electrons. The third-order valence-electron chi connectivity index (χ3n) is 3.24. The molecule has 2 rings (SSSR count). The van der Waals surface area contributed by atoms with Crippen LogP contribution in [0.15, 0.2) is 47.4 Å². The van der Waals surface area contributed by atoms with Gasteiger partial charge in [0.15, 0.2) is 0 Å². The SMILES string of the molecule is Cc1ccccc1CSc1cc(C#N)ccc1[C@@H](C)O. The molecule has 0 aromatic heterocycles. The maximum atomic E-state index is 9.82. The fourth-order valence-electron chi connectivity index (χ4n) is 2.00. The van der Waals surface area contributed by atoms with E-state index in [0.29, 0.717) is 5.56 Å². The van der Waals surface area contributed by atoms with Gasteiger partial charge in [0.05, 0.1) is 17.7 Å². The number of rotatable bonds is 4. The highest BCUT2D eigenvalue weighted by Gasteiger charge is 2.10. The van der Waals surface area contributed by atoms with Gasteiger partial charge in [0.1, 0.15) is 0 Å². The molecule has 0 bridgehead atoms. The minimum Gasteiger partial charge on any atom is -0.389 e. The Kier molecular flexibility index (Phi) is 4.84. The topological polar surface area (TPSA) is 44.0 Å². The molecule has 102 valence electrons. The summed E-state index contributed by atoms with van der Waals surface area (Å²) in [6, 6.07) is 15.9. The molecule has 0 unspecified atom stereocenters. The van der Waals surface area contributed by atoms with Gasteiger partial charge in [-0.15, -0.1) is 11.8 Å². The number of aliphatic hydroxyl groups is 1. The molecule has 1 atom stereocenters. The maximum absolute atomic E-state index is 9.82. The standard InChI is InChI=1S/C17H17NOS/c1-12-5-3-4-6-15(12)11-20-17-9-14(10-18)7-8-16(17)13(2)19/h3-9,13,19H,11H2,1-2H3/t13-/m1/s1. The Morgan fingerprint density at radius 2 is 2.00 bits per heavy atom. The van der Waals surface area contributed by atoms with Crippen LogP contribution in [0.4, 0.5) is 0 Å². The third kappa shape index (κ3) is 3.41. The molecule has 1 N–H and O–H groups in total. The van der Waals surface area contributed by atoms with Gasteiger partial charge >= 0.3 is 0 Å². The molecule has 0 aliphatic rings. The Morgan fingerprint density at radius 1 is 1.25 bits per heavy atom. The summed E-state index contributed by atoms with van der Waals surface area (Å²) in [5.74, 6) is 0.835. The minimum atomic E-state index is -0.526. The first-order valence-corrected chi connectivity index (χ1v) is 7.50. The highest BCUT2D eigenvalue weighted by atomic mass is 32.2. The van der Waals surface area contributed by atoms with Crippen LogP contribution in [0.1, 0.15) is 35.3 Å². The summed E-state index contributed by atoms with van der Waals surface area (Å²) in [7, 11) is 0. The summed E-state index contributed by atoms with van der Waals surface area (Å²) in [5, 5.41) is 18.8. The van der Waals surface area contributed by atoms with Crippen LogP contribution in [0, 0.1) is 18.3 Å². The lowest BCUT2D eigenvalue weighted by molar-refractivity contribution is 0.196. The van der Waals surface area contributed by atoms with Gasteiger partial charge in [-0.3, -0.25) is 0 Å². The van der Waals surface area contributed by atoms with Crippen LogP contribution in [0.2, 0.25) is 0 Å². The molecule has 2 aromatic rings. The summed E-state index contributed by atoms with van der Waals surface area (Å²) in [4.78, 5) is 0.974. The molecule has 0 saturated carbocycles. The van der Waals surface area contributed by atoms with Gasteiger partial charge in [-0.1, -0.05) is 30.3 Å². The van der Waals surface area contributed by atoms with Gasteiger partial charge in [-0.2, -0.15) is 5.26 Å². The average molecular weight is 283 g/mol. The number of hydrogen-bond acceptors (Lipinski definition) is 3. The van der Waals surface area contributed by atoms with E-state index in [0.717, 1.165) is 16.2 Å². The van der Waals surface area contributed by atoms with Crippen LogP contribution < -0.4 is 0 Å². The van der Waals surface area contributed by atoms with Gasteiger partial charge in [0.2, 0.25) is 0 Å². The van der Waals surface area contributed by atoms with Gasteiger partial charge in [-0.25, -0.2) is 0 Å². The lowest BCUT2D eigenvalue weighted by Crippen LogP contribution is -1.95. The van der Waals surface area contributed by atoms with Crippen molar-refractivity contribution in [3.05, 3.63) is 64.7 Å². The number of thioether (sulfide) groups is 1. The lowest BCUT2D eigenvalue weighted by atomic mass is 10.1. The fraction of sp³-hybridized carbons (Fsp3) is 0.235. The highest BCUT2D eigenvalue weighted by molar-refractivity contribution is 7.98. The number of nitrogens with zero attached hydrogens (tertiary/aromatic N) is 1. The zero-order chi connectivity index (χ0) is 14.5. The van der Waals surface area contributed by atoms with Crippen molar-refractivity contribution in [1.29, 1.82) is 5.26 Å². The zero-order valence-electron chi connectivity index (χ0n) is 11.6. The molecule has 0 aliphatic heterocycles. The first kappa shape index (κ1) is 14.6. The number of aliphatic hydroxyl groups excluding tert-OH is 1. The number of aryl methyl sites for hydroxylation is 1. The summed E-state index contributed by atoms with van der Waals surface area (Å²) in [6.07, 6.45) is -0.526. The van der Waals surface area contributed by atoms with Crippen molar-refractivity contribution in [2.75, 3.05) is 0 Å². The van der Waals surface area contributed by atoms with E-state index in [4.69, 9.17) is 5.26 Å². The molecule has 0 amide bonds. The number of benzene rings is 2. The highest BCUT2D eigenvalue weighted by Crippen LogP contribution is 2.31. The van der Waals surface area contributed by atoms with Crippen molar-refractivity contribution in [1.82, 2.24) is 0 Å². The van der Waals surface area contributed by atoms with E-state index in [1.54, 1.807) is 24.8 Å². The molecule has 3 heteroatoms. The molecule has 2 nitrogen and oxygen atoms in total. The molecular weight excluding hydrogens is 266 g/mol. The first-order chi connectivity index (χ1) is 9.61. The van der Waals surface area contributed by atoms with Gasteiger partial charge in [0, 0.05) is 10.6 Å². The van der Waals surface area contributed by atoms with Crippen LogP contribution in [0.25, 0.3) is 0 Å². The van der Waals surface area contributed by atoms with E-state index < -0.39 is 6.10 Å². The van der Waals surface area contributed by atoms with Crippen molar-refractivity contribution >= 4 is 11.8 Å². The minimum absolute atomic E-state index is 0.526. The lowest BCUT2D eigenvalue weighted by Gasteiger charge is -2.12. The summed E-state index contributed by atoms with van der Waals surface area (Å²) >= 11 is 1.66. The monoisotopic (exact) mass is 283 g/mol. The Bertz CT molecular complexity index is 644. The molecule has 0 aliphatic carbocycles. The normalized spacial score (nSPS) is 11.9. The fourth-order valence-corrected chi connectivity index (χ4v) is 3.25. The molecule has 0 spiro atoms. The van der Waals surface area contributed by atoms with E-state index in [1.165, 1.54) is 11.1 Å². The Morgan fingerprint density at radius 3 is 2.65 bits per heavy atom. The van der Waals surface area contributed by atoms with E-state index >= 15 is 0 Å². The van der Waals surface area contributed by atoms with Crippen molar-refractivity contribution < 1.29 is 5.11 Å². The smallest absolute Gasteiger partial charge is 0.0992 e.